The van der Waals surface area contributed by atoms with E-state index in [1.165, 1.54) is 0 Å². The molecule has 0 unspecified atom stereocenters. The van der Waals surface area contributed by atoms with Crippen LogP contribution in [0.1, 0.15) is 0 Å². The normalized spacial score (nSPS) is 12.5. The van der Waals surface area contributed by atoms with E-state index >= 15 is 0 Å². The number of hydrogen-bond acceptors (Lipinski definition) is 9. The molecule has 0 aliphatic rings. The van der Waals surface area contributed by atoms with Crippen molar-refractivity contribution in [2.45, 2.75) is 39.3 Å². The van der Waals surface area contributed by atoms with Crippen molar-refractivity contribution in [2.24, 2.45) is 0 Å². The summed E-state index contributed by atoms with van der Waals surface area (Å²) in [5.41, 5.74) is 0. The summed E-state index contributed by atoms with van der Waals surface area (Å²) in [6, 6.07) is 0. The average molecular weight is 515 g/mol. The standard InChI is InChI=1S/C22H50O9Si2/c1-32(2,3)30-21-19-28-17-15-26-13-11-24-9-7-23-8-10-25-12-14-27-16-18-29-20-22-31-33(4,5)6/h7-22H2,1-6H3. The Labute approximate surface area is 203 Å². The third kappa shape index (κ3) is 32.1. The Morgan fingerprint density at radius 3 is 0.576 bits per heavy atom. The molecule has 0 spiro atoms. The summed E-state index contributed by atoms with van der Waals surface area (Å²) in [5, 5.41) is 0. The summed E-state index contributed by atoms with van der Waals surface area (Å²) in [6.07, 6.45) is 0. The largest absolute Gasteiger partial charge is 0.415 e. The van der Waals surface area contributed by atoms with Crippen LogP contribution in [0.3, 0.4) is 0 Å². The van der Waals surface area contributed by atoms with E-state index in [4.69, 9.17) is 42.0 Å². The lowest BCUT2D eigenvalue weighted by molar-refractivity contribution is -0.0220. The molecule has 0 rings (SSSR count). The SMILES string of the molecule is C[Si](C)(C)OCCOCCOCCOCCOCCOCCOCCOCCO[Si](C)(C)C. The van der Waals surface area contributed by atoms with Crippen LogP contribution in [0.15, 0.2) is 0 Å². The second-order valence-corrected chi connectivity index (χ2v) is 18.2. The molecule has 0 saturated heterocycles. The second kappa shape index (κ2) is 22.5. The van der Waals surface area contributed by atoms with Crippen LogP contribution in [0.4, 0.5) is 0 Å². The first-order valence-electron chi connectivity index (χ1n) is 12.0. The molecule has 0 atom stereocenters. The first kappa shape index (κ1) is 33.1. The highest BCUT2D eigenvalue weighted by Crippen LogP contribution is 2.02. The molecule has 0 aromatic rings. The second-order valence-electron chi connectivity index (χ2n) is 9.21. The van der Waals surface area contributed by atoms with Crippen LogP contribution < -0.4 is 0 Å². The zero-order chi connectivity index (χ0) is 24.7. The van der Waals surface area contributed by atoms with Crippen molar-refractivity contribution in [1.82, 2.24) is 0 Å². The highest BCUT2D eigenvalue weighted by atomic mass is 28.4. The van der Waals surface area contributed by atoms with Crippen molar-refractivity contribution in [2.75, 3.05) is 106 Å². The van der Waals surface area contributed by atoms with Gasteiger partial charge in [-0.2, -0.15) is 0 Å². The van der Waals surface area contributed by atoms with Gasteiger partial charge in [-0.3, -0.25) is 0 Å². The maximum Gasteiger partial charge on any atom is 0.183 e. The van der Waals surface area contributed by atoms with Crippen LogP contribution in [0.25, 0.3) is 0 Å². The van der Waals surface area contributed by atoms with Crippen LogP contribution in [-0.2, 0) is 42.0 Å². The lowest BCUT2D eigenvalue weighted by atomic mass is 10.6. The lowest BCUT2D eigenvalue weighted by Gasteiger charge is -2.16. The molecule has 33 heavy (non-hydrogen) atoms. The molecule has 0 aliphatic carbocycles. The van der Waals surface area contributed by atoms with Gasteiger partial charge in [-0.05, 0) is 39.3 Å². The quantitative estimate of drug-likeness (QED) is 0.128. The highest BCUT2D eigenvalue weighted by Gasteiger charge is 2.13. The number of rotatable bonds is 26. The molecular weight excluding hydrogens is 464 g/mol. The molecule has 0 radical (unpaired) electrons. The summed E-state index contributed by atoms with van der Waals surface area (Å²) in [4.78, 5) is 0. The summed E-state index contributed by atoms with van der Waals surface area (Å²) in [7, 11) is -2.87. The Morgan fingerprint density at radius 1 is 0.273 bits per heavy atom. The molecule has 11 heteroatoms. The van der Waals surface area contributed by atoms with Gasteiger partial charge in [0.05, 0.1) is 106 Å². The molecule has 0 bridgehead atoms. The predicted octanol–water partition coefficient (Wildman–Crippen LogP) is 2.81. The summed E-state index contributed by atoms with van der Waals surface area (Å²) < 4.78 is 49.6. The molecule has 0 amide bonds. The molecule has 0 N–H and O–H groups in total. The molecule has 0 aromatic heterocycles. The van der Waals surface area contributed by atoms with E-state index in [-0.39, 0.29) is 0 Å². The fourth-order valence-electron chi connectivity index (χ4n) is 2.24. The molecule has 9 nitrogen and oxygen atoms in total. The Kier molecular flexibility index (Phi) is 22.6. The molecule has 0 heterocycles. The molecule has 0 saturated carbocycles. The molecule has 200 valence electrons. The molecule has 0 aromatic carbocycles. The molecule has 0 fully saturated rings. The van der Waals surface area contributed by atoms with Crippen molar-refractivity contribution >= 4 is 16.6 Å². The maximum atomic E-state index is 5.70. The van der Waals surface area contributed by atoms with Gasteiger partial charge in [0.25, 0.3) is 0 Å². The van der Waals surface area contributed by atoms with Gasteiger partial charge in [0.15, 0.2) is 16.6 Å². The molecular formula is C22H50O9Si2. The van der Waals surface area contributed by atoms with Gasteiger partial charge in [-0.25, -0.2) is 0 Å². The number of ether oxygens (including phenoxy) is 7. The van der Waals surface area contributed by atoms with Gasteiger partial charge in [0, 0.05) is 0 Å². The van der Waals surface area contributed by atoms with E-state index in [0.717, 1.165) is 0 Å². The van der Waals surface area contributed by atoms with Crippen molar-refractivity contribution in [1.29, 1.82) is 0 Å². The first-order chi connectivity index (χ1) is 15.7. The van der Waals surface area contributed by atoms with Crippen LogP contribution in [0.5, 0.6) is 0 Å². The van der Waals surface area contributed by atoms with Crippen molar-refractivity contribution in [3.8, 4) is 0 Å². The van der Waals surface area contributed by atoms with Crippen LogP contribution >= 0.6 is 0 Å². The predicted molar refractivity (Wildman–Crippen MR) is 134 cm³/mol. The van der Waals surface area contributed by atoms with Gasteiger partial charge in [0.1, 0.15) is 0 Å². The van der Waals surface area contributed by atoms with Gasteiger partial charge in [0.2, 0.25) is 0 Å². The third-order valence-corrected chi connectivity index (χ3v) is 5.90. The van der Waals surface area contributed by atoms with Gasteiger partial charge in [-0.15, -0.1) is 0 Å². The summed E-state index contributed by atoms with van der Waals surface area (Å²) in [6.45, 7) is 22.2. The van der Waals surface area contributed by atoms with Crippen LogP contribution in [-0.4, -0.2) is 122 Å². The fraction of sp³-hybridized carbons (Fsp3) is 1.00. The van der Waals surface area contributed by atoms with Gasteiger partial charge < -0.3 is 42.0 Å². The Balaban J connectivity index is 3.07. The van der Waals surface area contributed by atoms with E-state index in [1.54, 1.807) is 0 Å². The number of hydrogen-bond donors (Lipinski definition) is 0. The van der Waals surface area contributed by atoms with Crippen molar-refractivity contribution < 1.29 is 42.0 Å². The van der Waals surface area contributed by atoms with E-state index in [0.29, 0.717) is 106 Å². The van der Waals surface area contributed by atoms with E-state index in [9.17, 15) is 0 Å². The van der Waals surface area contributed by atoms with Crippen LogP contribution in [0, 0.1) is 0 Å². The van der Waals surface area contributed by atoms with E-state index in [2.05, 4.69) is 39.3 Å². The summed E-state index contributed by atoms with van der Waals surface area (Å²) in [5.74, 6) is 0. The van der Waals surface area contributed by atoms with E-state index < -0.39 is 16.6 Å². The summed E-state index contributed by atoms with van der Waals surface area (Å²) >= 11 is 0. The maximum absolute atomic E-state index is 5.70. The molecule has 0 aliphatic heterocycles. The average Bonchev–Trinajstić information content (AvgIpc) is 2.72. The van der Waals surface area contributed by atoms with Gasteiger partial charge in [-0.1, -0.05) is 0 Å². The minimum absolute atomic E-state index is 0.540. The monoisotopic (exact) mass is 514 g/mol. The van der Waals surface area contributed by atoms with Crippen LogP contribution in [0.2, 0.25) is 39.3 Å². The zero-order valence-corrected chi connectivity index (χ0v) is 24.0. The van der Waals surface area contributed by atoms with E-state index in [1.807, 2.05) is 0 Å². The minimum Gasteiger partial charge on any atom is -0.415 e. The Bertz CT molecular complexity index is 368. The Morgan fingerprint density at radius 2 is 0.424 bits per heavy atom. The first-order valence-corrected chi connectivity index (χ1v) is 18.8. The fourth-order valence-corrected chi connectivity index (χ4v) is 3.63. The smallest absolute Gasteiger partial charge is 0.183 e. The van der Waals surface area contributed by atoms with Crippen molar-refractivity contribution in [3.63, 3.8) is 0 Å². The lowest BCUT2D eigenvalue weighted by Crippen LogP contribution is -2.27. The highest BCUT2D eigenvalue weighted by molar-refractivity contribution is 6.70. The minimum atomic E-state index is -1.44. The Hall–Kier alpha value is 0.0738. The van der Waals surface area contributed by atoms with Gasteiger partial charge >= 0.3 is 0 Å². The zero-order valence-electron chi connectivity index (χ0n) is 22.0. The third-order valence-electron chi connectivity index (χ3n) is 3.76. The van der Waals surface area contributed by atoms with Crippen molar-refractivity contribution in [3.05, 3.63) is 0 Å². The topological polar surface area (TPSA) is 83.1 Å².